The lowest BCUT2D eigenvalue weighted by Crippen LogP contribution is -2.36. The fourth-order valence-electron chi connectivity index (χ4n) is 4.60. The number of hydrogen-bond donors (Lipinski definition) is 2. The Hall–Kier alpha value is -4.08. The maximum absolute atomic E-state index is 14.0. The first-order valence-corrected chi connectivity index (χ1v) is 11.6. The molecule has 0 fully saturated rings. The van der Waals surface area contributed by atoms with E-state index in [1.54, 1.807) is 41.9 Å². The van der Waals surface area contributed by atoms with Gasteiger partial charge in [-0.2, -0.15) is 23.4 Å². The number of carbonyl (C=O) groups excluding carboxylic acids is 1. The zero-order valence-electron chi connectivity index (χ0n) is 19.8. The number of alkyl halides is 3. The minimum atomic E-state index is -4.52. The highest BCUT2D eigenvalue weighted by molar-refractivity contribution is 6.08. The van der Waals surface area contributed by atoms with E-state index < -0.39 is 24.2 Å². The number of aromatic nitrogens is 4. The van der Waals surface area contributed by atoms with Crippen LogP contribution in [0.15, 0.2) is 66.9 Å². The van der Waals surface area contributed by atoms with Crippen molar-refractivity contribution in [3.63, 3.8) is 0 Å². The number of hydrogen-bond acceptors (Lipinski definition) is 4. The molecule has 0 saturated carbocycles. The van der Waals surface area contributed by atoms with Crippen molar-refractivity contribution >= 4 is 17.4 Å². The van der Waals surface area contributed by atoms with E-state index in [2.05, 4.69) is 20.8 Å². The van der Waals surface area contributed by atoms with Crippen molar-refractivity contribution in [1.82, 2.24) is 19.6 Å². The first-order valence-electron chi connectivity index (χ1n) is 11.6. The molecule has 7 nitrogen and oxygen atoms in total. The number of amides is 1. The van der Waals surface area contributed by atoms with E-state index in [-0.39, 0.29) is 17.8 Å². The summed E-state index contributed by atoms with van der Waals surface area (Å²) in [6, 6.07) is 16.2. The van der Waals surface area contributed by atoms with Gasteiger partial charge in [-0.05, 0) is 25.0 Å². The standard InChI is InChI=1S/C26H25F3N6O/c1-16-23(17(2)34(33-16)15-18-9-5-3-6-10-18)32-25(36)20-14-30-35-22(26(27,28)29)13-21(31-24(20)35)19-11-7-4-8-12-19/h3-12,14,21-22,31H,13,15H2,1-2H3,(H,32,36)/t21-,22+/m0/s1. The third kappa shape index (κ3) is 4.46. The van der Waals surface area contributed by atoms with E-state index in [9.17, 15) is 18.0 Å². The molecule has 5 rings (SSSR count). The molecule has 36 heavy (non-hydrogen) atoms. The van der Waals surface area contributed by atoms with Crippen molar-refractivity contribution in [1.29, 1.82) is 0 Å². The van der Waals surface area contributed by atoms with E-state index >= 15 is 0 Å². The summed E-state index contributed by atoms with van der Waals surface area (Å²) in [5.41, 5.74) is 3.69. The van der Waals surface area contributed by atoms with Crippen LogP contribution in [0.4, 0.5) is 24.7 Å². The van der Waals surface area contributed by atoms with E-state index in [1.807, 2.05) is 37.3 Å². The van der Waals surface area contributed by atoms with Crippen molar-refractivity contribution in [2.24, 2.45) is 0 Å². The second kappa shape index (κ2) is 9.18. The summed E-state index contributed by atoms with van der Waals surface area (Å²) in [4.78, 5) is 13.3. The third-order valence-corrected chi connectivity index (χ3v) is 6.48. The average Bonchev–Trinajstić information content (AvgIpc) is 3.40. The van der Waals surface area contributed by atoms with Gasteiger partial charge < -0.3 is 10.6 Å². The van der Waals surface area contributed by atoms with E-state index in [1.165, 1.54) is 6.20 Å². The maximum Gasteiger partial charge on any atom is 0.410 e. The number of anilines is 2. The lowest BCUT2D eigenvalue weighted by Gasteiger charge is -2.34. The zero-order chi connectivity index (χ0) is 25.4. The Morgan fingerprint density at radius 1 is 1.08 bits per heavy atom. The van der Waals surface area contributed by atoms with Crippen molar-refractivity contribution in [3.8, 4) is 0 Å². The lowest BCUT2D eigenvalue weighted by atomic mass is 9.96. The molecule has 1 amide bonds. The van der Waals surface area contributed by atoms with Gasteiger partial charge in [0.05, 0.1) is 35.9 Å². The van der Waals surface area contributed by atoms with E-state index in [0.717, 1.165) is 15.9 Å². The molecular formula is C26H25F3N6O. The maximum atomic E-state index is 14.0. The fourth-order valence-corrected chi connectivity index (χ4v) is 4.60. The summed E-state index contributed by atoms with van der Waals surface area (Å²) in [5, 5.41) is 14.5. The Kier molecular flexibility index (Phi) is 6.03. The van der Waals surface area contributed by atoms with Gasteiger partial charge in [0, 0.05) is 6.42 Å². The summed E-state index contributed by atoms with van der Waals surface area (Å²) >= 11 is 0. The van der Waals surface area contributed by atoms with Crippen LogP contribution < -0.4 is 10.6 Å². The Morgan fingerprint density at radius 3 is 2.42 bits per heavy atom. The van der Waals surface area contributed by atoms with E-state index in [4.69, 9.17) is 0 Å². The molecule has 0 aliphatic carbocycles. The molecule has 4 aromatic rings. The van der Waals surface area contributed by atoms with Gasteiger partial charge in [-0.3, -0.25) is 9.48 Å². The van der Waals surface area contributed by atoms with Crippen molar-refractivity contribution in [3.05, 3.63) is 94.9 Å². The number of aryl methyl sites for hydroxylation is 1. The zero-order valence-corrected chi connectivity index (χ0v) is 19.8. The number of benzene rings is 2. The number of rotatable bonds is 5. The average molecular weight is 495 g/mol. The highest BCUT2D eigenvalue weighted by atomic mass is 19.4. The molecule has 2 aromatic heterocycles. The molecule has 3 heterocycles. The SMILES string of the molecule is Cc1nn(Cc2ccccc2)c(C)c1NC(=O)c1cnn2c1N[C@H](c1ccccc1)C[C@@H]2C(F)(F)F. The van der Waals surface area contributed by atoms with Gasteiger partial charge >= 0.3 is 6.18 Å². The molecule has 0 unspecified atom stereocenters. The lowest BCUT2D eigenvalue weighted by molar-refractivity contribution is -0.173. The molecule has 1 aliphatic rings. The Bertz CT molecular complexity index is 1380. The molecule has 186 valence electrons. The van der Waals surface area contributed by atoms with Gasteiger partial charge in [0.1, 0.15) is 11.4 Å². The van der Waals surface area contributed by atoms with E-state index in [0.29, 0.717) is 23.5 Å². The van der Waals surface area contributed by atoms with Crippen molar-refractivity contribution < 1.29 is 18.0 Å². The van der Waals surface area contributed by atoms with Crippen LogP contribution in [0.2, 0.25) is 0 Å². The Balaban J connectivity index is 1.44. The predicted molar refractivity (Wildman–Crippen MR) is 130 cm³/mol. The number of fused-ring (bicyclic) bond motifs is 1. The normalized spacial score (nSPS) is 17.4. The molecule has 10 heteroatoms. The van der Waals surface area contributed by atoms with Gasteiger partial charge in [-0.25, -0.2) is 4.68 Å². The number of halogens is 3. The van der Waals surface area contributed by atoms with Crippen LogP contribution in [0.5, 0.6) is 0 Å². The monoisotopic (exact) mass is 494 g/mol. The van der Waals surface area contributed by atoms with Crippen LogP contribution in [0, 0.1) is 13.8 Å². The fraction of sp³-hybridized carbons (Fsp3) is 0.269. The number of nitrogens with zero attached hydrogens (tertiary/aromatic N) is 4. The first kappa shape index (κ1) is 23.7. The van der Waals surface area contributed by atoms with Gasteiger partial charge in [-0.1, -0.05) is 60.7 Å². The molecule has 0 saturated heterocycles. The second-order valence-corrected chi connectivity index (χ2v) is 8.90. The van der Waals surface area contributed by atoms with Crippen LogP contribution in [0.1, 0.15) is 51.4 Å². The minimum Gasteiger partial charge on any atom is -0.363 e. The summed E-state index contributed by atoms with van der Waals surface area (Å²) < 4.78 is 44.5. The minimum absolute atomic E-state index is 0.0412. The Morgan fingerprint density at radius 2 is 1.75 bits per heavy atom. The molecule has 0 radical (unpaired) electrons. The van der Waals surface area contributed by atoms with Crippen molar-refractivity contribution in [2.75, 3.05) is 10.6 Å². The third-order valence-electron chi connectivity index (χ3n) is 6.48. The highest BCUT2D eigenvalue weighted by Crippen LogP contribution is 2.44. The van der Waals surface area contributed by atoms with Gasteiger partial charge in [0.25, 0.3) is 5.91 Å². The summed E-state index contributed by atoms with van der Waals surface area (Å²) in [5.74, 6) is -0.509. The quantitative estimate of drug-likeness (QED) is 0.376. The molecule has 2 aromatic carbocycles. The Labute approximate surface area is 205 Å². The van der Waals surface area contributed by atoms with Gasteiger partial charge in [0.15, 0.2) is 6.04 Å². The predicted octanol–water partition coefficient (Wildman–Crippen LogP) is 5.66. The summed E-state index contributed by atoms with van der Waals surface area (Å²) in [6.45, 7) is 4.15. The summed E-state index contributed by atoms with van der Waals surface area (Å²) in [6.07, 6.45) is -3.56. The second-order valence-electron chi connectivity index (χ2n) is 8.90. The van der Waals surface area contributed by atoms with Gasteiger partial charge in [-0.15, -0.1) is 0 Å². The van der Waals surface area contributed by atoms with Crippen LogP contribution in [0.3, 0.4) is 0 Å². The van der Waals surface area contributed by atoms with Crippen LogP contribution in [-0.2, 0) is 6.54 Å². The van der Waals surface area contributed by atoms with Crippen LogP contribution in [0.25, 0.3) is 0 Å². The smallest absolute Gasteiger partial charge is 0.363 e. The number of nitrogens with one attached hydrogen (secondary N) is 2. The molecule has 2 atom stereocenters. The first-order chi connectivity index (χ1) is 17.2. The van der Waals surface area contributed by atoms with Crippen molar-refractivity contribution in [2.45, 2.75) is 45.1 Å². The molecule has 1 aliphatic heterocycles. The summed E-state index contributed by atoms with van der Waals surface area (Å²) in [7, 11) is 0. The highest BCUT2D eigenvalue weighted by Gasteiger charge is 2.47. The molecule has 0 spiro atoms. The van der Waals surface area contributed by atoms with Crippen LogP contribution in [-0.4, -0.2) is 31.6 Å². The molecular weight excluding hydrogens is 469 g/mol. The largest absolute Gasteiger partial charge is 0.410 e. The van der Waals surface area contributed by atoms with Gasteiger partial charge in [0.2, 0.25) is 0 Å². The number of carbonyl (C=O) groups is 1. The molecule has 2 N–H and O–H groups in total. The molecule has 0 bridgehead atoms. The van der Waals surface area contributed by atoms with Crippen LogP contribution >= 0.6 is 0 Å². The topological polar surface area (TPSA) is 76.8 Å².